The van der Waals surface area contributed by atoms with Crippen molar-refractivity contribution in [3.8, 4) is 0 Å². The predicted octanol–water partition coefficient (Wildman–Crippen LogP) is 3.39. The lowest BCUT2D eigenvalue weighted by Crippen LogP contribution is -2.30. The van der Waals surface area contributed by atoms with Gasteiger partial charge in [-0.2, -0.15) is 0 Å². The molecule has 0 spiro atoms. The van der Waals surface area contributed by atoms with Crippen molar-refractivity contribution in [2.45, 2.75) is 45.6 Å². The fourth-order valence-electron chi connectivity index (χ4n) is 1.73. The number of ether oxygens (including phenoxy) is 1. The van der Waals surface area contributed by atoms with E-state index in [0.717, 1.165) is 19.3 Å². The normalized spacial score (nSPS) is 14.1. The maximum atomic E-state index is 11.9. The molecule has 0 aliphatic heterocycles. The number of rotatable bonds is 5. The van der Waals surface area contributed by atoms with Crippen LogP contribution in [0.4, 0.5) is 5.69 Å². The quantitative estimate of drug-likeness (QED) is 0.628. The molecule has 1 aromatic rings. The van der Waals surface area contributed by atoms with Crippen LogP contribution in [-0.2, 0) is 4.74 Å². The van der Waals surface area contributed by atoms with Crippen LogP contribution in [0.3, 0.4) is 0 Å². The zero-order chi connectivity index (χ0) is 12.9. The Morgan fingerprint density at radius 2 is 1.88 bits per heavy atom. The molecule has 3 heteroatoms. The molecule has 0 saturated heterocycles. The molecular weight excluding hydrogens is 214 g/mol. The van der Waals surface area contributed by atoms with Gasteiger partial charge in [-0.15, -0.1) is 0 Å². The number of esters is 1. The van der Waals surface area contributed by atoms with E-state index >= 15 is 0 Å². The van der Waals surface area contributed by atoms with Crippen LogP contribution in [0.1, 0.15) is 50.4 Å². The summed E-state index contributed by atoms with van der Waals surface area (Å²) in [5.74, 6) is -0.275. The molecular formula is C14H21NO2. The molecule has 3 nitrogen and oxygen atoms in total. The van der Waals surface area contributed by atoms with Gasteiger partial charge < -0.3 is 10.5 Å². The van der Waals surface area contributed by atoms with Crippen LogP contribution in [0.2, 0.25) is 0 Å². The number of hydrogen-bond donors (Lipinski definition) is 1. The molecule has 0 aliphatic carbocycles. The van der Waals surface area contributed by atoms with Crippen LogP contribution in [0.15, 0.2) is 24.3 Å². The molecule has 1 rings (SSSR count). The van der Waals surface area contributed by atoms with Gasteiger partial charge in [0.15, 0.2) is 0 Å². The van der Waals surface area contributed by atoms with E-state index in [0.29, 0.717) is 11.3 Å². The molecule has 17 heavy (non-hydrogen) atoms. The molecule has 1 aromatic carbocycles. The van der Waals surface area contributed by atoms with Crippen LogP contribution in [0.5, 0.6) is 0 Å². The largest absolute Gasteiger partial charge is 0.456 e. The lowest BCUT2D eigenvalue weighted by molar-refractivity contribution is -0.0156. The zero-order valence-electron chi connectivity index (χ0n) is 10.8. The van der Waals surface area contributed by atoms with E-state index in [9.17, 15) is 4.79 Å². The first kappa shape index (κ1) is 13.6. The summed E-state index contributed by atoms with van der Waals surface area (Å²) in [7, 11) is 0. The second-order valence-electron chi connectivity index (χ2n) is 4.56. The molecule has 0 bridgehead atoms. The Balaban J connectivity index is 2.74. The summed E-state index contributed by atoms with van der Waals surface area (Å²) in [5.41, 5.74) is 6.41. The lowest BCUT2D eigenvalue weighted by Gasteiger charge is -2.28. The maximum Gasteiger partial charge on any atom is 0.338 e. The first-order valence-corrected chi connectivity index (χ1v) is 6.09. The molecule has 0 aromatic heterocycles. The van der Waals surface area contributed by atoms with Gasteiger partial charge >= 0.3 is 5.97 Å². The van der Waals surface area contributed by atoms with Gasteiger partial charge in [0.25, 0.3) is 0 Å². The minimum Gasteiger partial charge on any atom is -0.456 e. The summed E-state index contributed by atoms with van der Waals surface area (Å²) in [5, 5.41) is 0. The third-order valence-electron chi connectivity index (χ3n) is 3.01. The highest BCUT2D eigenvalue weighted by Crippen LogP contribution is 2.23. The average molecular weight is 235 g/mol. The third kappa shape index (κ3) is 3.77. The molecule has 0 heterocycles. The van der Waals surface area contributed by atoms with Gasteiger partial charge in [0.2, 0.25) is 0 Å². The van der Waals surface area contributed by atoms with Gasteiger partial charge in [-0.05, 0) is 44.0 Å². The number of anilines is 1. The molecule has 1 atom stereocenters. The molecule has 94 valence electrons. The summed E-state index contributed by atoms with van der Waals surface area (Å²) < 4.78 is 5.57. The number of benzene rings is 1. The van der Waals surface area contributed by atoms with Crippen molar-refractivity contribution in [1.82, 2.24) is 0 Å². The van der Waals surface area contributed by atoms with Gasteiger partial charge in [-0.25, -0.2) is 4.79 Å². The van der Waals surface area contributed by atoms with E-state index in [1.807, 2.05) is 13.8 Å². The van der Waals surface area contributed by atoms with Crippen molar-refractivity contribution in [2.24, 2.45) is 0 Å². The minimum absolute atomic E-state index is 0.275. The molecule has 0 saturated carbocycles. The summed E-state index contributed by atoms with van der Waals surface area (Å²) in [6.07, 6.45) is 2.70. The topological polar surface area (TPSA) is 52.3 Å². The van der Waals surface area contributed by atoms with Crippen molar-refractivity contribution >= 4 is 11.7 Å². The van der Waals surface area contributed by atoms with Crippen LogP contribution in [0.25, 0.3) is 0 Å². The van der Waals surface area contributed by atoms with Gasteiger partial charge in [0, 0.05) is 5.69 Å². The monoisotopic (exact) mass is 235 g/mol. The van der Waals surface area contributed by atoms with Crippen molar-refractivity contribution < 1.29 is 9.53 Å². The Morgan fingerprint density at radius 1 is 1.29 bits per heavy atom. The Labute approximate surface area is 103 Å². The lowest BCUT2D eigenvalue weighted by atomic mass is 9.97. The number of nitrogen functional groups attached to an aromatic ring is 1. The van der Waals surface area contributed by atoms with Crippen molar-refractivity contribution in [3.05, 3.63) is 29.8 Å². The second-order valence-corrected chi connectivity index (χ2v) is 4.56. The summed E-state index contributed by atoms with van der Waals surface area (Å²) in [6.45, 7) is 6.10. The average Bonchev–Trinajstić information content (AvgIpc) is 2.30. The molecule has 0 amide bonds. The fourth-order valence-corrected chi connectivity index (χ4v) is 1.73. The first-order chi connectivity index (χ1) is 8.00. The molecule has 0 aliphatic rings. The third-order valence-corrected chi connectivity index (χ3v) is 3.01. The van der Waals surface area contributed by atoms with Crippen LogP contribution >= 0.6 is 0 Å². The van der Waals surface area contributed by atoms with E-state index in [4.69, 9.17) is 10.5 Å². The Kier molecular flexibility index (Phi) is 4.55. The van der Waals surface area contributed by atoms with E-state index < -0.39 is 0 Å². The molecule has 0 fully saturated rings. The Hall–Kier alpha value is -1.51. The summed E-state index contributed by atoms with van der Waals surface area (Å²) in [4.78, 5) is 11.9. The number of hydrogen-bond acceptors (Lipinski definition) is 3. The van der Waals surface area contributed by atoms with Gasteiger partial charge in [-0.1, -0.05) is 20.3 Å². The van der Waals surface area contributed by atoms with E-state index in [1.54, 1.807) is 24.3 Å². The van der Waals surface area contributed by atoms with Crippen LogP contribution in [0, 0.1) is 0 Å². The minimum atomic E-state index is -0.368. The van der Waals surface area contributed by atoms with E-state index in [-0.39, 0.29) is 11.6 Å². The fraction of sp³-hybridized carbons (Fsp3) is 0.500. The highest BCUT2D eigenvalue weighted by molar-refractivity contribution is 5.90. The zero-order valence-corrected chi connectivity index (χ0v) is 10.8. The summed E-state index contributed by atoms with van der Waals surface area (Å²) in [6, 6.07) is 6.80. The van der Waals surface area contributed by atoms with Crippen molar-refractivity contribution in [3.63, 3.8) is 0 Å². The first-order valence-electron chi connectivity index (χ1n) is 6.09. The summed E-state index contributed by atoms with van der Waals surface area (Å²) >= 11 is 0. The van der Waals surface area contributed by atoms with Crippen LogP contribution < -0.4 is 5.73 Å². The number of carbonyl (C=O) groups is 1. The SMILES string of the molecule is CCC[C@@](C)(CC)OC(=O)c1ccc(N)cc1. The predicted molar refractivity (Wildman–Crippen MR) is 69.9 cm³/mol. The van der Waals surface area contributed by atoms with Crippen molar-refractivity contribution in [1.29, 1.82) is 0 Å². The molecule has 0 radical (unpaired) electrons. The van der Waals surface area contributed by atoms with E-state index in [1.165, 1.54) is 0 Å². The molecule has 0 unspecified atom stereocenters. The highest BCUT2D eigenvalue weighted by Gasteiger charge is 2.26. The van der Waals surface area contributed by atoms with Crippen LogP contribution in [-0.4, -0.2) is 11.6 Å². The van der Waals surface area contributed by atoms with Gasteiger partial charge in [0.1, 0.15) is 5.60 Å². The highest BCUT2D eigenvalue weighted by atomic mass is 16.6. The number of carbonyl (C=O) groups excluding carboxylic acids is 1. The van der Waals surface area contributed by atoms with Gasteiger partial charge in [-0.3, -0.25) is 0 Å². The standard InChI is InChI=1S/C14H21NO2/c1-4-10-14(3,5-2)17-13(16)11-6-8-12(15)9-7-11/h6-9H,4-5,10,15H2,1-3H3/t14-/m1/s1. The number of nitrogens with two attached hydrogens (primary N) is 1. The smallest absolute Gasteiger partial charge is 0.338 e. The van der Waals surface area contributed by atoms with Crippen molar-refractivity contribution in [2.75, 3.05) is 5.73 Å². The maximum absolute atomic E-state index is 11.9. The Morgan fingerprint density at radius 3 is 2.35 bits per heavy atom. The Bertz CT molecular complexity index is 372. The van der Waals surface area contributed by atoms with Gasteiger partial charge in [0.05, 0.1) is 5.56 Å². The molecule has 2 N–H and O–H groups in total. The second kappa shape index (κ2) is 5.71. The van der Waals surface area contributed by atoms with E-state index in [2.05, 4.69) is 6.92 Å².